The molecule has 126 valence electrons. The van der Waals surface area contributed by atoms with Crippen molar-refractivity contribution in [3.8, 4) is 0 Å². The Morgan fingerprint density at radius 1 is 1.26 bits per heavy atom. The van der Waals surface area contributed by atoms with Gasteiger partial charge in [0.15, 0.2) is 0 Å². The molecular weight excluding hydrogens is 284 g/mol. The predicted octanol–water partition coefficient (Wildman–Crippen LogP) is 5.83. The maximum Gasteiger partial charge on any atom is 0.328 e. The van der Waals surface area contributed by atoms with E-state index in [1.54, 1.807) is 5.57 Å². The third-order valence-corrected chi connectivity index (χ3v) is 5.29. The van der Waals surface area contributed by atoms with Crippen LogP contribution in [0.1, 0.15) is 66.2 Å². The number of hydrogen-bond acceptors (Lipinski definition) is 1. The van der Waals surface area contributed by atoms with Gasteiger partial charge in [-0.15, -0.1) is 0 Å². The normalized spacial score (nSPS) is 23.7. The average molecular weight is 314 g/mol. The van der Waals surface area contributed by atoms with E-state index < -0.39 is 5.97 Å². The lowest BCUT2D eigenvalue weighted by Crippen LogP contribution is -2.19. The van der Waals surface area contributed by atoms with Crippen LogP contribution >= 0.6 is 0 Å². The Labute approximate surface area is 140 Å². The van der Waals surface area contributed by atoms with Crippen LogP contribution in [0.3, 0.4) is 0 Å². The zero-order valence-electron chi connectivity index (χ0n) is 15.0. The molecule has 2 aliphatic rings. The topological polar surface area (TPSA) is 37.3 Å². The molecule has 2 rings (SSSR count). The zero-order chi connectivity index (χ0) is 17.1. The van der Waals surface area contributed by atoms with Gasteiger partial charge >= 0.3 is 5.97 Å². The van der Waals surface area contributed by atoms with E-state index in [0.29, 0.717) is 10.8 Å². The van der Waals surface area contributed by atoms with Crippen molar-refractivity contribution in [2.24, 2.45) is 10.8 Å². The van der Waals surface area contributed by atoms with Gasteiger partial charge in [-0.25, -0.2) is 4.79 Å². The first-order chi connectivity index (χ1) is 10.7. The lowest BCUT2D eigenvalue weighted by Gasteiger charge is -2.33. The highest BCUT2D eigenvalue weighted by Crippen LogP contribution is 2.51. The lowest BCUT2D eigenvalue weighted by atomic mass is 9.72. The minimum absolute atomic E-state index is 0.297. The Morgan fingerprint density at radius 3 is 2.52 bits per heavy atom. The molecule has 0 atom stereocenters. The molecule has 0 unspecified atom stereocenters. The van der Waals surface area contributed by atoms with Crippen LogP contribution < -0.4 is 0 Å². The van der Waals surface area contributed by atoms with E-state index in [2.05, 4.69) is 39.0 Å². The zero-order valence-corrected chi connectivity index (χ0v) is 15.0. The van der Waals surface area contributed by atoms with Crippen LogP contribution in [-0.4, -0.2) is 11.1 Å². The first-order valence-corrected chi connectivity index (χ1v) is 8.71. The van der Waals surface area contributed by atoms with Gasteiger partial charge in [-0.05, 0) is 74.3 Å². The SMILES string of the molecule is CC1=C(C=CC2(C/C=C/C(C)=C/C(=O)O)CC2)C(C)(C)CCC1. The molecule has 2 nitrogen and oxygen atoms in total. The summed E-state index contributed by atoms with van der Waals surface area (Å²) in [5.74, 6) is -0.880. The Balaban J connectivity index is 2.02. The number of carboxylic acid groups (broad SMARTS) is 1. The summed E-state index contributed by atoms with van der Waals surface area (Å²) in [5, 5.41) is 8.73. The first-order valence-electron chi connectivity index (χ1n) is 8.71. The fraction of sp³-hybridized carbons (Fsp3) is 0.571. The molecule has 1 fully saturated rings. The third-order valence-electron chi connectivity index (χ3n) is 5.29. The van der Waals surface area contributed by atoms with Gasteiger partial charge in [0, 0.05) is 6.08 Å². The summed E-state index contributed by atoms with van der Waals surface area (Å²) in [5.41, 5.74) is 4.47. The van der Waals surface area contributed by atoms with Crippen LogP contribution in [-0.2, 0) is 4.79 Å². The van der Waals surface area contributed by atoms with E-state index in [1.165, 1.54) is 43.8 Å². The second kappa shape index (κ2) is 6.90. The molecule has 23 heavy (non-hydrogen) atoms. The van der Waals surface area contributed by atoms with E-state index in [0.717, 1.165) is 12.0 Å². The molecule has 2 aliphatic carbocycles. The minimum atomic E-state index is -0.880. The van der Waals surface area contributed by atoms with Crippen molar-refractivity contribution in [3.05, 3.63) is 47.1 Å². The molecule has 1 saturated carbocycles. The second-order valence-electron chi connectivity index (χ2n) is 7.96. The standard InChI is InChI=1S/C21H30O2/c1-16(15-19(22)23)7-5-11-21(13-14-21)12-9-18-17(2)8-6-10-20(18,3)4/h5,7,9,12,15H,6,8,10-11,13-14H2,1-4H3,(H,22,23)/b7-5+,12-9?,16-15+. The number of allylic oxidation sites excluding steroid dienone is 7. The van der Waals surface area contributed by atoms with Gasteiger partial charge in [0.25, 0.3) is 0 Å². The summed E-state index contributed by atoms with van der Waals surface area (Å²) in [6.07, 6.45) is 17.4. The van der Waals surface area contributed by atoms with Gasteiger partial charge in [0.1, 0.15) is 0 Å². The van der Waals surface area contributed by atoms with Crippen LogP contribution in [0.2, 0.25) is 0 Å². The largest absolute Gasteiger partial charge is 0.478 e. The quantitative estimate of drug-likeness (QED) is 0.495. The van der Waals surface area contributed by atoms with Gasteiger partial charge in [-0.2, -0.15) is 0 Å². The van der Waals surface area contributed by atoms with Crippen molar-refractivity contribution in [2.45, 2.75) is 66.2 Å². The maximum atomic E-state index is 10.6. The molecule has 0 amide bonds. The monoisotopic (exact) mass is 314 g/mol. The summed E-state index contributed by atoms with van der Waals surface area (Å²) < 4.78 is 0. The van der Waals surface area contributed by atoms with E-state index in [1.807, 2.05) is 13.0 Å². The molecule has 0 spiro atoms. The fourth-order valence-corrected chi connectivity index (χ4v) is 3.59. The molecule has 0 aromatic rings. The maximum absolute atomic E-state index is 10.6. The molecule has 0 heterocycles. The molecule has 0 aromatic carbocycles. The predicted molar refractivity (Wildman–Crippen MR) is 96.3 cm³/mol. The highest BCUT2D eigenvalue weighted by Gasteiger charge is 2.39. The molecule has 0 aromatic heterocycles. The van der Waals surface area contributed by atoms with Crippen LogP contribution in [0.5, 0.6) is 0 Å². The Hall–Kier alpha value is -1.57. The summed E-state index contributed by atoms with van der Waals surface area (Å²) in [6, 6.07) is 0. The highest BCUT2D eigenvalue weighted by molar-refractivity contribution is 5.81. The number of carbonyl (C=O) groups is 1. The van der Waals surface area contributed by atoms with Crippen molar-refractivity contribution in [1.29, 1.82) is 0 Å². The summed E-state index contributed by atoms with van der Waals surface area (Å²) in [4.78, 5) is 10.6. The van der Waals surface area contributed by atoms with E-state index in [4.69, 9.17) is 5.11 Å². The number of aliphatic carboxylic acids is 1. The Kier molecular flexibility index (Phi) is 5.33. The lowest BCUT2D eigenvalue weighted by molar-refractivity contribution is -0.131. The van der Waals surface area contributed by atoms with Crippen LogP contribution in [0, 0.1) is 10.8 Å². The summed E-state index contributed by atoms with van der Waals surface area (Å²) in [7, 11) is 0. The van der Waals surface area contributed by atoms with Crippen molar-refractivity contribution in [1.82, 2.24) is 0 Å². The van der Waals surface area contributed by atoms with Crippen LogP contribution in [0.15, 0.2) is 47.1 Å². The van der Waals surface area contributed by atoms with E-state index in [9.17, 15) is 4.79 Å². The number of carboxylic acids is 1. The van der Waals surface area contributed by atoms with Crippen LogP contribution in [0.4, 0.5) is 0 Å². The second-order valence-corrected chi connectivity index (χ2v) is 7.96. The summed E-state index contributed by atoms with van der Waals surface area (Å²) in [6.45, 7) is 8.82. The minimum Gasteiger partial charge on any atom is -0.478 e. The highest BCUT2D eigenvalue weighted by atomic mass is 16.4. The van der Waals surface area contributed by atoms with Crippen LogP contribution in [0.25, 0.3) is 0 Å². The van der Waals surface area contributed by atoms with Crippen molar-refractivity contribution in [2.75, 3.05) is 0 Å². The molecule has 0 aliphatic heterocycles. The Morgan fingerprint density at radius 2 is 1.96 bits per heavy atom. The van der Waals surface area contributed by atoms with Gasteiger partial charge in [-0.3, -0.25) is 0 Å². The van der Waals surface area contributed by atoms with Crippen molar-refractivity contribution >= 4 is 5.97 Å². The van der Waals surface area contributed by atoms with E-state index in [-0.39, 0.29) is 0 Å². The van der Waals surface area contributed by atoms with Gasteiger partial charge in [0.2, 0.25) is 0 Å². The smallest absolute Gasteiger partial charge is 0.328 e. The third kappa shape index (κ3) is 4.95. The fourth-order valence-electron chi connectivity index (χ4n) is 3.59. The molecule has 0 bridgehead atoms. The molecule has 0 saturated heterocycles. The molecule has 1 N–H and O–H groups in total. The van der Waals surface area contributed by atoms with Crippen molar-refractivity contribution in [3.63, 3.8) is 0 Å². The van der Waals surface area contributed by atoms with Crippen molar-refractivity contribution < 1.29 is 9.90 Å². The van der Waals surface area contributed by atoms with Gasteiger partial charge < -0.3 is 5.11 Å². The summed E-state index contributed by atoms with van der Waals surface area (Å²) >= 11 is 0. The van der Waals surface area contributed by atoms with Gasteiger partial charge in [0.05, 0.1) is 0 Å². The molecule has 0 radical (unpaired) electrons. The first kappa shape index (κ1) is 17.8. The number of rotatable bonds is 6. The number of hydrogen-bond donors (Lipinski definition) is 1. The molecular formula is C21H30O2. The van der Waals surface area contributed by atoms with E-state index >= 15 is 0 Å². The molecule has 2 heteroatoms. The Bertz CT molecular complexity index is 581. The van der Waals surface area contributed by atoms with Gasteiger partial charge in [-0.1, -0.05) is 43.7 Å². The average Bonchev–Trinajstić information content (AvgIpc) is 3.16.